The van der Waals surface area contributed by atoms with Gasteiger partial charge >= 0.3 is 0 Å². The number of rotatable bonds is 3. The molecule has 1 aromatic rings. The van der Waals surface area contributed by atoms with Crippen LogP contribution in [-0.2, 0) is 6.42 Å². The molecule has 1 aromatic heterocycles. The molecular weight excluding hydrogens is 206 g/mol. The third-order valence-corrected chi connectivity index (χ3v) is 1.88. The first-order chi connectivity index (χ1) is 5.33. The molecule has 0 bridgehead atoms. The Labute approximate surface area is 74.4 Å². The number of hydrogen-bond acceptors (Lipinski definition) is 2. The molecular formula is C8H10BrNO. The molecule has 2 nitrogen and oxygen atoms in total. The quantitative estimate of drug-likeness (QED) is 0.781. The van der Waals surface area contributed by atoms with Gasteiger partial charge in [0.05, 0.1) is 0 Å². The molecule has 0 aromatic carbocycles. The summed E-state index contributed by atoms with van der Waals surface area (Å²) in [5.41, 5.74) is 1.17. The molecule has 0 spiro atoms. The van der Waals surface area contributed by atoms with E-state index in [0.29, 0.717) is 0 Å². The van der Waals surface area contributed by atoms with Crippen LogP contribution in [0, 0.1) is 0 Å². The summed E-state index contributed by atoms with van der Waals surface area (Å²) in [5, 5.41) is 8.55. The second-order valence-corrected chi connectivity index (χ2v) is 3.13. The average molecular weight is 216 g/mol. The third kappa shape index (κ3) is 2.99. The number of aliphatic hydroxyl groups is 1. The van der Waals surface area contributed by atoms with E-state index in [1.165, 1.54) is 5.56 Å². The van der Waals surface area contributed by atoms with Crippen molar-refractivity contribution in [3.8, 4) is 0 Å². The Bertz CT molecular complexity index is 210. The van der Waals surface area contributed by atoms with Crippen LogP contribution in [0.1, 0.15) is 12.0 Å². The van der Waals surface area contributed by atoms with Gasteiger partial charge in [0.1, 0.15) is 4.60 Å². The van der Waals surface area contributed by atoms with Crippen molar-refractivity contribution >= 4 is 15.9 Å². The van der Waals surface area contributed by atoms with E-state index in [-0.39, 0.29) is 6.61 Å². The van der Waals surface area contributed by atoms with Crippen LogP contribution in [0.15, 0.2) is 22.9 Å². The van der Waals surface area contributed by atoms with Crippen LogP contribution in [-0.4, -0.2) is 16.7 Å². The third-order valence-electron chi connectivity index (χ3n) is 1.41. The Kier molecular flexibility index (Phi) is 3.52. The number of halogens is 1. The van der Waals surface area contributed by atoms with E-state index < -0.39 is 0 Å². The zero-order valence-corrected chi connectivity index (χ0v) is 7.71. The summed E-state index contributed by atoms with van der Waals surface area (Å²) < 4.78 is 0.852. The molecule has 0 saturated heterocycles. The van der Waals surface area contributed by atoms with E-state index in [2.05, 4.69) is 20.9 Å². The first-order valence-electron chi connectivity index (χ1n) is 3.54. The monoisotopic (exact) mass is 215 g/mol. The van der Waals surface area contributed by atoms with Gasteiger partial charge in [0.25, 0.3) is 0 Å². The van der Waals surface area contributed by atoms with E-state index in [4.69, 9.17) is 5.11 Å². The van der Waals surface area contributed by atoms with Crippen LogP contribution in [0.25, 0.3) is 0 Å². The fourth-order valence-electron chi connectivity index (χ4n) is 0.838. The SMILES string of the molecule is OCCCc1ccc(Br)nc1. The van der Waals surface area contributed by atoms with Crippen molar-refractivity contribution in [3.63, 3.8) is 0 Å². The highest BCUT2D eigenvalue weighted by Gasteiger charge is 1.92. The van der Waals surface area contributed by atoms with E-state index in [1.807, 2.05) is 18.3 Å². The van der Waals surface area contributed by atoms with E-state index in [9.17, 15) is 0 Å². The second kappa shape index (κ2) is 4.46. The lowest BCUT2D eigenvalue weighted by Gasteiger charge is -1.97. The molecule has 11 heavy (non-hydrogen) atoms. The van der Waals surface area contributed by atoms with Gasteiger partial charge < -0.3 is 5.11 Å². The number of aromatic nitrogens is 1. The minimum absolute atomic E-state index is 0.246. The van der Waals surface area contributed by atoms with Crippen molar-refractivity contribution < 1.29 is 5.11 Å². The minimum Gasteiger partial charge on any atom is -0.396 e. The maximum atomic E-state index is 8.55. The Balaban J connectivity index is 2.52. The predicted octanol–water partition coefficient (Wildman–Crippen LogP) is 1.77. The summed E-state index contributed by atoms with van der Waals surface area (Å²) in [6.45, 7) is 0.246. The van der Waals surface area contributed by atoms with Gasteiger partial charge in [0, 0.05) is 12.8 Å². The van der Waals surface area contributed by atoms with Crippen molar-refractivity contribution in [2.45, 2.75) is 12.8 Å². The summed E-state index contributed by atoms with van der Waals surface area (Å²) in [5.74, 6) is 0. The zero-order chi connectivity index (χ0) is 8.10. The lowest BCUT2D eigenvalue weighted by atomic mass is 10.2. The highest BCUT2D eigenvalue weighted by Crippen LogP contribution is 2.07. The average Bonchev–Trinajstić information content (AvgIpc) is 2.04. The Hall–Kier alpha value is -0.410. The van der Waals surface area contributed by atoms with Crippen LogP contribution in [0.2, 0.25) is 0 Å². The molecule has 1 N–H and O–H groups in total. The fraction of sp³-hybridized carbons (Fsp3) is 0.375. The lowest BCUT2D eigenvalue weighted by Crippen LogP contribution is -1.89. The largest absolute Gasteiger partial charge is 0.396 e. The highest BCUT2D eigenvalue weighted by molar-refractivity contribution is 9.10. The predicted molar refractivity (Wildman–Crippen MR) is 47.3 cm³/mol. The molecule has 0 fully saturated rings. The van der Waals surface area contributed by atoms with Crippen molar-refractivity contribution in [3.05, 3.63) is 28.5 Å². The minimum atomic E-state index is 0.246. The first kappa shape index (κ1) is 8.68. The van der Waals surface area contributed by atoms with Gasteiger partial charge in [0.2, 0.25) is 0 Å². The van der Waals surface area contributed by atoms with Crippen molar-refractivity contribution in [2.75, 3.05) is 6.61 Å². The molecule has 60 valence electrons. The molecule has 3 heteroatoms. The fourth-order valence-corrected chi connectivity index (χ4v) is 1.07. The Morgan fingerprint density at radius 3 is 2.82 bits per heavy atom. The molecule has 0 unspecified atom stereocenters. The van der Waals surface area contributed by atoms with Crippen molar-refractivity contribution in [1.29, 1.82) is 0 Å². The van der Waals surface area contributed by atoms with Gasteiger partial charge in [-0.05, 0) is 40.4 Å². The van der Waals surface area contributed by atoms with Gasteiger partial charge in [0.15, 0.2) is 0 Å². The summed E-state index contributed by atoms with van der Waals surface area (Å²) >= 11 is 3.25. The normalized spacial score (nSPS) is 10.0. The van der Waals surface area contributed by atoms with Crippen molar-refractivity contribution in [2.24, 2.45) is 0 Å². The van der Waals surface area contributed by atoms with Crippen LogP contribution in [0.3, 0.4) is 0 Å². The van der Waals surface area contributed by atoms with Crippen LogP contribution < -0.4 is 0 Å². The molecule has 0 radical (unpaired) electrons. The summed E-state index contributed by atoms with van der Waals surface area (Å²) in [4.78, 5) is 4.07. The van der Waals surface area contributed by atoms with Gasteiger partial charge in [-0.3, -0.25) is 0 Å². The molecule has 0 amide bonds. The standard InChI is InChI=1S/C8H10BrNO/c9-8-4-3-7(6-10-8)2-1-5-11/h3-4,6,11H,1-2,5H2. The Morgan fingerprint density at radius 2 is 2.27 bits per heavy atom. The maximum absolute atomic E-state index is 8.55. The van der Waals surface area contributed by atoms with Gasteiger partial charge in [-0.25, -0.2) is 4.98 Å². The van der Waals surface area contributed by atoms with Crippen LogP contribution in [0.5, 0.6) is 0 Å². The van der Waals surface area contributed by atoms with E-state index in [0.717, 1.165) is 17.4 Å². The summed E-state index contributed by atoms with van der Waals surface area (Å²) in [6, 6.07) is 3.92. The molecule has 1 rings (SSSR count). The van der Waals surface area contributed by atoms with Crippen LogP contribution >= 0.6 is 15.9 Å². The summed E-state index contributed by atoms with van der Waals surface area (Å²) in [7, 11) is 0. The second-order valence-electron chi connectivity index (χ2n) is 2.32. The number of aryl methyl sites for hydroxylation is 1. The molecule has 0 aliphatic rings. The lowest BCUT2D eigenvalue weighted by molar-refractivity contribution is 0.288. The van der Waals surface area contributed by atoms with Crippen LogP contribution in [0.4, 0.5) is 0 Å². The molecule has 0 aliphatic carbocycles. The molecule has 0 atom stereocenters. The highest BCUT2D eigenvalue weighted by atomic mass is 79.9. The molecule has 0 saturated carbocycles. The smallest absolute Gasteiger partial charge is 0.106 e. The first-order valence-corrected chi connectivity index (χ1v) is 4.33. The Morgan fingerprint density at radius 1 is 1.45 bits per heavy atom. The molecule has 0 aliphatic heterocycles. The maximum Gasteiger partial charge on any atom is 0.106 e. The zero-order valence-electron chi connectivity index (χ0n) is 6.13. The topological polar surface area (TPSA) is 33.1 Å². The van der Waals surface area contributed by atoms with Gasteiger partial charge in [-0.1, -0.05) is 6.07 Å². The summed E-state index contributed by atoms with van der Waals surface area (Å²) in [6.07, 6.45) is 3.53. The van der Waals surface area contributed by atoms with Gasteiger partial charge in [-0.15, -0.1) is 0 Å². The number of aliphatic hydroxyl groups excluding tert-OH is 1. The van der Waals surface area contributed by atoms with E-state index >= 15 is 0 Å². The van der Waals surface area contributed by atoms with E-state index in [1.54, 1.807) is 0 Å². The number of pyridine rings is 1. The number of hydrogen-bond donors (Lipinski definition) is 1. The molecule has 1 heterocycles. The van der Waals surface area contributed by atoms with Crippen molar-refractivity contribution in [1.82, 2.24) is 4.98 Å². The number of nitrogens with zero attached hydrogens (tertiary/aromatic N) is 1. The van der Waals surface area contributed by atoms with Gasteiger partial charge in [-0.2, -0.15) is 0 Å².